The zero-order chi connectivity index (χ0) is 11.8. The molecule has 0 saturated carbocycles. The van der Waals surface area contributed by atoms with Gasteiger partial charge in [0.1, 0.15) is 10.5 Å². The Hall–Kier alpha value is -1.48. The van der Waals surface area contributed by atoms with Crippen molar-refractivity contribution >= 4 is 12.2 Å². The number of aryl methyl sites for hydroxylation is 1. The van der Waals surface area contributed by atoms with Crippen LogP contribution in [0.15, 0.2) is 30.3 Å². The Labute approximate surface area is 106 Å². The van der Waals surface area contributed by atoms with E-state index in [0.29, 0.717) is 10.6 Å². The molecule has 0 spiro atoms. The van der Waals surface area contributed by atoms with E-state index in [-0.39, 0.29) is 0 Å². The van der Waals surface area contributed by atoms with Gasteiger partial charge in [0.2, 0.25) is 0 Å². The van der Waals surface area contributed by atoms with Gasteiger partial charge in [-0.1, -0.05) is 36.5 Å². The summed E-state index contributed by atoms with van der Waals surface area (Å²) in [5.74, 6) is 1.49. The molecule has 86 valence electrons. The van der Waals surface area contributed by atoms with Crippen LogP contribution in [0.4, 0.5) is 0 Å². The summed E-state index contributed by atoms with van der Waals surface area (Å²) >= 11 is 5.18. The first-order valence-corrected chi connectivity index (χ1v) is 6.28. The van der Waals surface area contributed by atoms with Crippen LogP contribution in [0.2, 0.25) is 0 Å². The lowest BCUT2D eigenvalue weighted by molar-refractivity contribution is 0.676. The van der Waals surface area contributed by atoms with Crippen molar-refractivity contribution in [1.29, 1.82) is 0 Å². The van der Waals surface area contributed by atoms with E-state index in [4.69, 9.17) is 12.2 Å². The van der Waals surface area contributed by atoms with Crippen molar-refractivity contribution in [2.24, 2.45) is 0 Å². The third-order valence-electron chi connectivity index (χ3n) is 3.33. The molecule has 1 heterocycles. The number of aromatic amines is 1. The van der Waals surface area contributed by atoms with Crippen LogP contribution in [0.5, 0.6) is 0 Å². The largest absolute Gasteiger partial charge is 0.347 e. The fourth-order valence-corrected chi connectivity index (χ4v) is 2.82. The molecule has 0 saturated heterocycles. The predicted molar refractivity (Wildman–Crippen MR) is 70.7 cm³/mol. The number of hydrogen-bond acceptors (Lipinski definition) is 2. The summed E-state index contributed by atoms with van der Waals surface area (Å²) in [6.07, 6.45) is 2.13. The highest BCUT2D eigenvalue weighted by Gasteiger charge is 2.23. The molecule has 2 aromatic rings. The second-order valence-corrected chi connectivity index (χ2v) is 5.08. The molecule has 1 N–H and O–H groups in total. The highest BCUT2D eigenvalue weighted by atomic mass is 32.1. The maximum absolute atomic E-state index is 5.18. The van der Waals surface area contributed by atoms with Crippen molar-refractivity contribution in [2.45, 2.75) is 25.7 Å². The van der Waals surface area contributed by atoms with Gasteiger partial charge < -0.3 is 4.98 Å². The third-order valence-corrected chi connectivity index (χ3v) is 3.54. The van der Waals surface area contributed by atoms with E-state index in [0.717, 1.165) is 24.4 Å². The fraction of sp³-hybridized carbons (Fsp3) is 0.286. The van der Waals surface area contributed by atoms with Gasteiger partial charge in [0.15, 0.2) is 0 Å². The molecule has 0 bridgehead atoms. The standard InChI is InChI=1S/C14H14N2S/c1-9-6-13(17)16-14(15-9)12-7-10-4-2-3-5-11(10)8-12/h2-6,12H,7-8H2,1H3,(H,15,16,17). The molecule has 1 aromatic carbocycles. The van der Waals surface area contributed by atoms with Crippen LogP contribution in [-0.2, 0) is 12.8 Å². The van der Waals surface area contributed by atoms with Gasteiger partial charge in [0.05, 0.1) is 0 Å². The number of benzene rings is 1. The van der Waals surface area contributed by atoms with Gasteiger partial charge in [-0.05, 0) is 37.0 Å². The topological polar surface area (TPSA) is 28.7 Å². The van der Waals surface area contributed by atoms with Crippen molar-refractivity contribution in [3.05, 3.63) is 57.6 Å². The monoisotopic (exact) mass is 242 g/mol. The summed E-state index contributed by atoms with van der Waals surface area (Å²) < 4.78 is 0.687. The summed E-state index contributed by atoms with van der Waals surface area (Å²) in [4.78, 5) is 7.81. The Morgan fingerprint density at radius 1 is 1.24 bits per heavy atom. The quantitative estimate of drug-likeness (QED) is 0.777. The van der Waals surface area contributed by atoms with E-state index in [1.165, 1.54) is 11.1 Å². The second kappa shape index (κ2) is 4.08. The van der Waals surface area contributed by atoms with Gasteiger partial charge in [-0.2, -0.15) is 0 Å². The molecule has 0 amide bonds. The number of H-pyrrole nitrogens is 1. The number of nitrogens with zero attached hydrogens (tertiary/aromatic N) is 1. The molecular weight excluding hydrogens is 228 g/mol. The Balaban J connectivity index is 1.96. The number of nitrogens with one attached hydrogen (secondary N) is 1. The van der Waals surface area contributed by atoms with Crippen molar-refractivity contribution < 1.29 is 0 Å². The summed E-state index contributed by atoms with van der Waals surface area (Å²) in [6, 6.07) is 10.5. The molecule has 3 rings (SSSR count). The molecule has 1 aliphatic carbocycles. The molecule has 0 radical (unpaired) electrons. The average Bonchev–Trinajstić information content (AvgIpc) is 2.71. The first-order valence-electron chi connectivity index (χ1n) is 5.87. The number of fused-ring (bicyclic) bond motifs is 1. The average molecular weight is 242 g/mol. The smallest absolute Gasteiger partial charge is 0.129 e. The van der Waals surface area contributed by atoms with Crippen LogP contribution < -0.4 is 0 Å². The lowest BCUT2D eigenvalue weighted by atomic mass is 10.1. The van der Waals surface area contributed by atoms with Crippen LogP contribution in [0.1, 0.15) is 28.6 Å². The Morgan fingerprint density at radius 3 is 2.47 bits per heavy atom. The van der Waals surface area contributed by atoms with Gasteiger partial charge >= 0.3 is 0 Å². The van der Waals surface area contributed by atoms with Gasteiger partial charge in [-0.3, -0.25) is 0 Å². The fourth-order valence-electron chi connectivity index (χ4n) is 2.55. The normalized spacial score (nSPS) is 14.9. The van der Waals surface area contributed by atoms with Gasteiger partial charge in [-0.25, -0.2) is 4.98 Å². The summed E-state index contributed by atoms with van der Waals surface area (Å²) in [7, 11) is 0. The first kappa shape index (κ1) is 10.7. The zero-order valence-corrected chi connectivity index (χ0v) is 10.6. The van der Waals surface area contributed by atoms with E-state index in [1.54, 1.807) is 0 Å². The molecule has 17 heavy (non-hydrogen) atoms. The second-order valence-electron chi connectivity index (χ2n) is 4.66. The third kappa shape index (κ3) is 2.03. The van der Waals surface area contributed by atoms with Crippen molar-refractivity contribution in [1.82, 2.24) is 9.97 Å². The van der Waals surface area contributed by atoms with Gasteiger partial charge in [-0.15, -0.1) is 0 Å². The molecular formula is C14H14N2S. The number of aromatic nitrogens is 2. The molecule has 3 heteroatoms. The van der Waals surface area contributed by atoms with Crippen LogP contribution in [0, 0.1) is 11.6 Å². The van der Waals surface area contributed by atoms with Gasteiger partial charge in [0.25, 0.3) is 0 Å². The van der Waals surface area contributed by atoms with Crippen LogP contribution >= 0.6 is 12.2 Å². The Bertz CT molecular complexity index is 591. The number of rotatable bonds is 1. The molecule has 2 nitrogen and oxygen atoms in total. The van der Waals surface area contributed by atoms with Crippen molar-refractivity contribution in [3.63, 3.8) is 0 Å². The van der Waals surface area contributed by atoms with Crippen molar-refractivity contribution in [2.75, 3.05) is 0 Å². The summed E-state index contributed by atoms with van der Waals surface area (Å²) in [5, 5.41) is 0. The maximum atomic E-state index is 5.18. The highest BCUT2D eigenvalue weighted by molar-refractivity contribution is 7.71. The highest BCUT2D eigenvalue weighted by Crippen LogP contribution is 2.31. The molecule has 0 unspecified atom stereocenters. The lowest BCUT2D eigenvalue weighted by Gasteiger charge is -2.09. The van der Waals surface area contributed by atoms with Crippen LogP contribution in [-0.4, -0.2) is 9.97 Å². The van der Waals surface area contributed by atoms with E-state index in [9.17, 15) is 0 Å². The number of hydrogen-bond donors (Lipinski definition) is 1. The molecule has 1 aromatic heterocycles. The minimum Gasteiger partial charge on any atom is -0.347 e. The van der Waals surface area contributed by atoms with E-state index in [2.05, 4.69) is 34.2 Å². The molecule has 0 aliphatic heterocycles. The van der Waals surface area contributed by atoms with Crippen LogP contribution in [0.25, 0.3) is 0 Å². The predicted octanol–water partition coefficient (Wildman–Crippen LogP) is 3.33. The molecule has 1 aliphatic rings. The van der Waals surface area contributed by atoms with Gasteiger partial charge in [0, 0.05) is 11.6 Å². The zero-order valence-electron chi connectivity index (χ0n) is 9.73. The lowest BCUT2D eigenvalue weighted by Crippen LogP contribution is -2.05. The van der Waals surface area contributed by atoms with E-state index >= 15 is 0 Å². The minimum atomic E-state index is 0.453. The first-order chi connectivity index (χ1) is 8.22. The Kier molecular flexibility index (Phi) is 2.56. The van der Waals surface area contributed by atoms with E-state index in [1.807, 2.05) is 13.0 Å². The SMILES string of the molecule is Cc1cc(=S)nc(C2Cc3ccccc3C2)[nH]1. The summed E-state index contributed by atoms with van der Waals surface area (Å²) in [5.41, 5.74) is 3.98. The Morgan fingerprint density at radius 2 is 1.88 bits per heavy atom. The molecule has 0 atom stereocenters. The minimum absolute atomic E-state index is 0.453. The maximum Gasteiger partial charge on any atom is 0.129 e. The summed E-state index contributed by atoms with van der Waals surface area (Å²) in [6.45, 7) is 2.03. The van der Waals surface area contributed by atoms with Crippen LogP contribution in [0.3, 0.4) is 0 Å². The van der Waals surface area contributed by atoms with E-state index < -0.39 is 0 Å². The molecule has 0 fully saturated rings. The van der Waals surface area contributed by atoms with Crippen molar-refractivity contribution in [3.8, 4) is 0 Å².